The van der Waals surface area contributed by atoms with Crippen molar-refractivity contribution >= 4 is 35.2 Å². The number of primary amides is 1. The molecular weight excluding hydrogens is 328 g/mol. The van der Waals surface area contributed by atoms with Gasteiger partial charge in [0.2, 0.25) is 17.7 Å². The van der Waals surface area contributed by atoms with Gasteiger partial charge in [-0.05, 0) is 24.1 Å². The highest BCUT2D eigenvalue weighted by molar-refractivity contribution is 8.00. The fourth-order valence-electron chi connectivity index (χ4n) is 2.39. The number of thioether (sulfide) groups is 1. The van der Waals surface area contributed by atoms with Crippen molar-refractivity contribution in [1.29, 1.82) is 0 Å². The summed E-state index contributed by atoms with van der Waals surface area (Å²) in [7, 11) is 0. The fourth-order valence-corrected chi connectivity index (χ4v) is 3.28. The number of anilines is 1. The molecule has 0 aliphatic carbocycles. The molecule has 2 atom stereocenters. The van der Waals surface area contributed by atoms with Crippen LogP contribution in [0.15, 0.2) is 24.3 Å². The van der Waals surface area contributed by atoms with Gasteiger partial charge in [-0.3, -0.25) is 19.7 Å². The molecule has 3 amide bonds. The van der Waals surface area contributed by atoms with Crippen molar-refractivity contribution < 1.29 is 14.4 Å². The number of nitrogens with two attached hydrogens (primary N) is 1. The molecule has 7 nitrogen and oxygen atoms in total. The number of nitrogens with one attached hydrogen (secondary N) is 3. The van der Waals surface area contributed by atoms with Gasteiger partial charge in [0.15, 0.2) is 0 Å². The number of carbonyl (C=O) groups is 3. The maximum Gasteiger partial charge on any atom is 0.234 e. The van der Waals surface area contributed by atoms with Crippen LogP contribution in [0, 0.1) is 0 Å². The first-order valence-corrected chi connectivity index (χ1v) is 8.85. The summed E-state index contributed by atoms with van der Waals surface area (Å²) in [6.07, 6.45) is 1.25. The van der Waals surface area contributed by atoms with Gasteiger partial charge < -0.3 is 16.4 Å². The third-order valence-electron chi connectivity index (χ3n) is 3.59. The van der Waals surface area contributed by atoms with Crippen LogP contribution in [-0.4, -0.2) is 35.0 Å². The van der Waals surface area contributed by atoms with Crippen LogP contribution in [0.5, 0.6) is 0 Å². The molecule has 2 rings (SSSR count). The van der Waals surface area contributed by atoms with Crippen molar-refractivity contribution in [2.45, 2.75) is 37.7 Å². The lowest BCUT2D eigenvalue weighted by Crippen LogP contribution is -2.55. The fraction of sp³-hybridized carbons (Fsp3) is 0.438. The largest absolute Gasteiger partial charge is 0.370 e. The van der Waals surface area contributed by atoms with Crippen molar-refractivity contribution in [2.24, 2.45) is 5.73 Å². The van der Waals surface area contributed by atoms with Crippen molar-refractivity contribution in [1.82, 2.24) is 10.6 Å². The molecule has 8 heteroatoms. The highest BCUT2D eigenvalue weighted by atomic mass is 32.2. The molecule has 24 heavy (non-hydrogen) atoms. The Hall–Kier alpha value is -2.06. The van der Waals surface area contributed by atoms with Crippen molar-refractivity contribution in [3.8, 4) is 0 Å². The van der Waals surface area contributed by atoms with Gasteiger partial charge in [-0.15, -0.1) is 11.8 Å². The molecule has 1 aromatic rings. The lowest BCUT2D eigenvalue weighted by Gasteiger charge is -2.30. The highest BCUT2D eigenvalue weighted by Gasteiger charge is 2.27. The van der Waals surface area contributed by atoms with E-state index in [9.17, 15) is 14.4 Å². The summed E-state index contributed by atoms with van der Waals surface area (Å²) in [4.78, 5) is 34.6. The van der Waals surface area contributed by atoms with Crippen LogP contribution >= 0.6 is 11.8 Å². The van der Waals surface area contributed by atoms with Gasteiger partial charge in [0.05, 0.1) is 5.75 Å². The van der Waals surface area contributed by atoms with Gasteiger partial charge in [0.1, 0.15) is 5.50 Å². The van der Waals surface area contributed by atoms with E-state index >= 15 is 0 Å². The van der Waals surface area contributed by atoms with Crippen LogP contribution < -0.4 is 21.7 Å². The molecule has 130 valence electrons. The third kappa shape index (κ3) is 5.86. The summed E-state index contributed by atoms with van der Waals surface area (Å²) >= 11 is 1.26. The smallest absolute Gasteiger partial charge is 0.234 e. The molecule has 1 heterocycles. The van der Waals surface area contributed by atoms with Crippen LogP contribution in [-0.2, 0) is 20.8 Å². The van der Waals surface area contributed by atoms with E-state index in [0.717, 1.165) is 12.1 Å². The van der Waals surface area contributed by atoms with Crippen molar-refractivity contribution in [2.75, 3.05) is 11.1 Å². The zero-order valence-corrected chi connectivity index (χ0v) is 14.3. The molecule has 5 N–H and O–H groups in total. The number of hydrogen-bond donors (Lipinski definition) is 4. The first kappa shape index (κ1) is 18.3. The molecule has 2 unspecified atom stereocenters. The molecule has 0 saturated carbocycles. The van der Waals surface area contributed by atoms with Crippen molar-refractivity contribution in [3.05, 3.63) is 29.8 Å². The molecule has 1 aromatic carbocycles. The number of benzene rings is 1. The second kappa shape index (κ2) is 8.70. The van der Waals surface area contributed by atoms with Crippen LogP contribution in [0.4, 0.5) is 5.69 Å². The van der Waals surface area contributed by atoms with E-state index in [1.165, 1.54) is 17.3 Å². The molecule has 0 spiro atoms. The molecule has 0 radical (unpaired) electrons. The van der Waals surface area contributed by atoms with E-state index in [1.807, 2.05) is 24.3 Å². The molecule has 1 fully saturated rings. The van der Waals surface area contributed by atoms with E-state index in [2.05, 4.69) is 22.9 Å². The van der Waals surface area contributed by atoms with E-state index < -0.39 is 11.4 Å². The summed E-state index contributed by atoms with van der Waals surface area (Å²) in [5, 5.41) is 8.65. The van der Waals surface area contributed by atoms with Gasteiger partial charge in [0, 0.05) is 24.6 Å². The van der Waals surface area contributed by atoms with Gasteiger partial charge >= 0.3 is 0 Å². The van der Waals surface area contributed by atoms with E-state index in [-0.39, 0.29) is 36.5 Å². The predicted molar refractivity (Wildman–Crippen MR) is 94.2 cm³/mol. The van der Waals surface area contributed by atoms with E-state index in [4.69, 9.17) is 5.73 Å². The van der Waals surface area contributed by atoms with Crippen LogP contribution in [0.2, 0.25) is 0 Å². The zero-order valence-electron chi connectivity index (χ0n) is 13.5. The normalized spacial score (nSPS) is 20.3. The molecule has 1 aliphatic rings. The minimum Gasteiger partial charge on any atom is -0.370 e. The Morgan fingerprint density at radius 3 is 2.67 bits per heavy atom. The predicted octanol–water partition coefficient (Wildman–Crippen LogP) is 0.558. The third-order valence-corrected chi connectivity index (χ3v) is 4.60. The first-order valence-electron chi connectivity index (χ1n) is 7.80. The zero-order chi connectivity index (χ0) is 17.5. The Morgan fingerprint density at radius 2 is 2.04 bits per heavy atom. The average Bonchev–Trinajstić information content (AvgIpc) is 2.52. The van der Waals surface area contributed by atoms with Gasteiger partial charge in [0.25, 0.3) is 0 Å². The summed E-state index contributed by atoms with van der Waals surface area (Å²) in [6, 6.07) is 7.38. The maximum atomic E-state index is 12.0. The lowest BCUT2D eigenvalue weighted by atomic mass is 10.1. The maximum absolute atomic E-state index is 12.0. The Morgan fingerprint density at radius 1 is 1.33 bits per heavy atom. The van der Waals surface area contributed by atoms with Gasteiger partial charge in [-0.2, -0.15) is 0 Å². The number of amides is 3. The van der Waals surface area contributed by atoms with Crippen LogP contribution in [0.1, 0.15) is 25.3 Å². The second-order valence-electron chi connectivity index (χ2n) is 5.60. The Bertz CT molecular complexity index is 604. The van der Waals surface area contributed by atoms with E-state index in [1.54, 1.807) is 0 Å². The second-order valence-corrected chi connectivity index (χ2v) is 6.69. The quantitative estimate of drug-likeness (QED) is 0.574. The molecule has 0 bridgehead atoms. The minimum absolute atomic E-state index is 0.0977. The summed E-state index contributed by atoms with van der Waals surface area (Å²) < 4.78 is 0. The summed E-state index contributed by atoms with van der Waals surface area (Å²) in [5.74, 6) is -0.596. The Kier molecular flexibility index (Phi) is 6.62. The Balaban J connectivity index is 1.79. The van der Waals surface area contributed by atoms with Gasteiger partial charge in [-0.25, -0.2) is 0 Å². The minimum atomic E-state index is -0.459. The van der Waals surface area contributed by atoms with E-state index in [0.29, 0.717) is 0 Å². The van der Waals surface area contributed by atoms with Gasteiger partial charge in [-0.1, -0.05) is 19.1 Å². The monoisotopic (exact) mass is 350 g/mol. The molecule has 1 saturated heterocycles. The molecule has 1 aliphatic heterocycles. The van der Waals surface area contributed by atoms with Crippen LogP contribution in [0.3, 0.4) is 0 Å². The number of rotatable bonds is 7. The molecule has 0 aromatic heterocycles. The topological polar surface area (TPSA) is 113 Å². The lowest BCUT2D eigenvalue weighted by molar-refractivity contribution is -0.124. The van der Waals surface area contributed by atoms with Crippen LogP contribution in [0.25, 0.3) is 0 Å². The summed E-state index contributed by atoms with van der Waals surface area (Å²) in [6.45, 7) is 2.07. The number of carbonyl (C=O) groups excluding carboxylic acids is 3. The summed E-state index contributed by atoms with van der Waals surface area (Å²) in [5.41, 5.74) is 6.69. The van der Waals surface area contributed by atoms with Crippen molar-refractivity contribution in [3.63, 3.8) is 0 Å². The molecular formula is C16H22N4O3S. The standard InChI is InChI=1S/C16H22N4O3S/c1-2-10-3-5-11(6-4-10)18-15(23)9-24-16-19-12(7-13(17)21)8-14(22)20-16/h3-6,12,16,19H,2,7-9H2,1H3,(H2,17,21)(H,18,23)(H,20,22). The first-order chi connectivity index (χ1) is 11.5. The Labute approximate surface area is 145 Å². The highest BCUT2D eigenvalue weighted by Crippen LogP contribution is 2.15. The number of aryl methyl sites for hydroxylation is 1. The SMILES string of the molecule is CCc1ccc(NC(=O)CSC2NC(=O)CC(CC(N)=O)N2)cc1. The average molecular weight is 350 g/mol. The number of hydrogen-bond acceptors (Lipinski definition) is 5.